The lowest BCUT2D eigenvalue weighted by molar-refractivity contribution is 0.601. The lowest BCUT2D eigenvalue weighted by atomic mass is 10.1. The third kappa shape index (κ3) is 3.23. The van der Waals surface area contributed by atoms with E-state index in [9.17, 15) is 8.42 Å². The SMILES string of the molecule is C=C(C)c1ccc(NS(=O)(=O)c2ccccc2)cc1.[HH]. The van der Waals surface area contributed by atoms with E-state index in [1.54, 1.807) is 42.5 Å². The van der Waals surface area contributed by atoms with Crippen LogP contribution < -0.4 is 4.72 Å². The second-order valence-electron chi connectivity index (χ2n) is 4.28. The number of anilines is 1. The minimum Gasteiger partial charge on any atom is -0.280 e. The summed E-state index contributed by atoms with van der Waals surface area (Å²) < 4.78 is 26.7. The molecule has 0 aromatic heterocycles. The third-order valence-corrected chi connectivity index (χ3v) is 4.08. The number of hydrogen-bond donors (Lipinski definition) is 1. The van der Waals surface area contributed by atoms with E-state index in [4.69, 9.17) is 0 Å². The van der Waals surface area contributed by atoms with E-state index in [-0.39, 0.29) is 6.32 Å². The topological polar surface area (TPSA) is 46.2 Å². The second-order valence-corrected chi connectivity index (χ2v) is 5.96. The Labute approximate surface area is 115 Å². The number of rotatable bonds is 4. The zero-order chi connectivity index (χ0) is 13.9. The molecule has 3 nitrogen and oxygen atoms in total. The molecule has 0 bridgehead atoms. The van der Waals surface area contributed by atoms with Crippen LogP contribution in [-0.2, 0) is 10.0 Å². The molecule has 2 aromatic carbocycles. The minimum atomic E-state index is -3.52. The van der Waals surface area contributed by atoms with Gasteiger partial charge in [-0.05, 0) is 36.8 Å². The first kappa shape index (κ1) is 13.4. The highest BCUT2D eigenvalue weighted by Crippen LogP contribution is 2.18. The molecular formula is C15H17NO2S. The largest absolute Gasteiger partial charge is 0.280 e. The molecule has 100 valence electrons. The Morgan fingerprint density at radius 1 is 1.05 bits per heavy atom. The molecule has 19 heavy (non-hydrogen) atoms. The molecule has 0 aliphatic carbocycles. The average molecular weight is 275 g/mol. The highest BCUT2D eigenvalue weighted by Gasteiger charge is 2.12. The second kappa shape index (κ2) is 5.28. The van der Waals surface area contributed by atoms with Gasteiger partial charge in [-0.2, -0.15) is 0 Å². The Morgan fingerprint density at radius 3 is 2.16 bits per heavy atom. The zero-order valence-electron chi connectivity index (χ0n) is 10.6. The van der Waals surface area contributed by atoms with Crippen LogP contribution in [0.15, 0.2) is 66.1 Å². The number of allylic oxidation sites excluding steroid dienone is 1. The van der Waals surface area contributed by atoms with Gasteiger partial charge in [0.05, 0.1) is 4.90 Å². The van der Waals surface area contributed by atoms with Crippen LogP contribution in [-0.4, -0.2) is 8.42 Å². The molecule has 0 fully saturated rings. The molecule has 1 N–H and O–H groups in total. The predicted molar refractivity (Wildman–Crippen MR) is 80.5 cm³/mol. The van der Waals surface area contributed by atoms with E-state index in [0.29, 0.717) is 5.69 Å². The van der Waals surface area contributed by atoms with Gasteiger partial charge >= 0.3 is 0 Å². The fourth-order valence-electron chi connectivity index (χ4n) is 1.64. The fourth-order valence-corrected chi connectivity index (χ4v) is 2.72. The van der Waals surface area contributed by atoms with Crippen LogP contribution in [0.5, 0.6) is 0 Å². The molecule has 0 aliphatic rings. The van der Waals surface area contributed by atoms with Crippen LogP contribution >= 0.6 is 0 Å². The number of hydrogen-bond acceptors (Lipinski definition) is 2. The van der Waals surface area contributed by atoms with E-state index in [2.05, 4.69) is 11.3 Å². The van der Waals surface area contributed by atoms with E-state index in [0.717, 1.165) is 11.1 Å². The normalized spacial score (nSPS) is 11.0. The summed E-state index contributed by atoms with van der Waals surface area (Å²) in [5.74, 6) is 0. The summed E-state index contributed by atoms with van der Waals surface area (Å²) in [4.78, 5) is 0.249. The summed E-state index contributed by atoms with van der Waals surface area (Å²) in [6, 6.07) is 15.4. The Kier molecular flexibility index (Phi) is 3.71. The lowest BCUT2D eigenvalue weighted by Gasteiger charge is -2.08. The van der Waals surface area contributed by atoms with E-state index in [1.807, 2.05) is 19.1 Å². The number of benzene rings is 2. The van der Waals surface area contributed by atoms with Gasteiger partial charge in [0.15, 0.2) is 0 Å². The monoisotopic (exact) mass is 275 g/mol. The first-order valence-electron chi connectivity index (χ1n) is 5.83. The molecule has 0 saturated heterocycles. The molecule has 0 amide bonds. The van der Waals surface area contributed by atoms with Gasteiger partial charge in [-0.25, -0.2) is 8.42 Å². The highest BCUT2D eigenvalue weighted by atomic mass is 32.2. The summed E-state index contributed by atoms with van der Waals surface area (Å²) in [5, 5.41) is 0. The van der Waals surface area contributed by atoms with Crippen LogP contribution in [0.25, 0.3) is 5.57 Å². The van der Waals surface area contributed by atoms with Crippen molar-refractivity contribution in [1.82, 2.24) is 0 Å². The molecule has 0 radical (unpaired) electrons. The van der Waals surface area contributed by atoms with Crippen molar-refractivity contribution in [3.05, 3.63) is 66.7 Å². The minimum absolute atomic E-state index is 0. The van der Waals surface area contributed by atoms with Crippen molar-refractivity contribution < 1.29 is 9.84 Å². The van der Waals surface area contributed by atoms with Gasteiger partial charge in [0.2, 0.25) is 0 Å². The molecule has 4 heteroatoms. The van der Waals surface area contributed by atoms with Crippen LogP contribution in [0.4, 0.5) is 5.69 Å². The number of nitrogens with one attached hydrogen (secondary N) is 1. The summed E-state index contributed by atoms with van der Waals surface area (Å²) in [6.45, 7) is 5.74. The van der Waals surface area contributed by atoms with Gasteiger partial charge in [0.1, 0.15) is 0 Å². The van der Waals surface area contributed by atoms with E-state index < -0.39 is 10.0 Å². The summed E-state index contributed by atoms with van der Waals surface area (Å²) >= 11 is 0. The maximum atomic E-state index is 12.1. The van der Waals surface area contributed by atoms with Gasteiger partial charge in [-0.3, -0.25) is 4.72 Å². The molecular weight excluding hydrogens is 258 g/mol. The highest BCUT2D eigenvalue weighted by molar-refractivity contribution is 7.92. The van der Waals surface area contributed by atoms with E-state index >= 15 is 0 Å². The third-order valence-electron chi connectivity index (χ3n) is 2.68. The molecule has 0 heterocycles. The van der Waals surface area contributed by atoms with Crippen LogP contribution in [0.2, 0.25) is 0 Å². The van der Waals surface area contributed by atoms with Gasteiger partial charge in [-0.1, -0.05) is 42.5 Å². The maximum Gasteiger partial charge on any atom is 0.261 e. The maximum absolute atomic E-state index is 12.1. The standard InChI is InChI=1S/C15H15NO2S.H2/c1-12(2)13-8-10-14(11-9-13)16-19(17,18)15-6-4-3-5-7-15;/h3-11,16H,1H2,2H3;1H. The molecule has 0 unspecified atom stereocenters. The van der Waals surface area contributed by atoms with Crippen molar-refractivity contribution in [3.63, 3.8) is 0 Å². The number of sulfonamides is 1. The summed E-state index contributed by atoms with van der Waals surface area (Å²) in [5.41, 5.74) is 2.47. The molecule has 0 aliphatic heterocycles. The van der Waals surface area contributed by atoms with Gasteiger partial charge < -0.3 is 0 Å². The fraction of sp³-hybridized carbons (Fsp3) is 0.0667. The molecule has 2 rings (SSSR count). The van der Waals surface area contributed by atoms with Gasteiger partial charge in [0.25, 0.3) is 10.0 Å². The quantitative estimate of drug-likeness (QED) is 0.923. The van der Waals surface area contributed by atoms with Crippen LogP contribution in [0.3, 0.4) is 0 Å². The first-order chi connectivity index (χ1) is 8.99. The van der Waals surface area contributed by atoms with E-state index in [1.165, 1.54) is 0 Å². The predicted octanol–water partition coefficient (Wildman–Crippen LogP) is 3.77. The molecule has 0 atom stereocenters. The van der Waals surface area contributed by atoms with Gasteiger partial charge in [0, 0.05) is 7.11 Å². The van der Waals surface area contributed by atoms with Crippen molar-refractivity contribution in [1.29, 1.82) is 0 Å². The Morgan fingerprint density at radius 2 is 1.63 bits per heavy atom. The Bertz CT molecular complexity index is 680. The molecule has 0 saturated carbocycles. The summed E-state index contributed by atoms with van der Waals surface area (Å²) in [7, 11) is -3.52. The lowest BCUT2D eigenvalue weighted by Crippen LogP contribution is -2.12. The average Bonchev–Trinajstić information content (AvgIpc) is 2.40. The van der Waals surface area contributed by atoms with Gasteiger partial charge in [-0.15, -0.1) is 0 Å². The molecule has 0 spiro atoms. The smallest absolute Gasteiger partial charge is 0.261 e. The van der Waals surface area contributed by atoms with Crippen molar-refractivity contribution >= 4 is 21.3 Å². The summed E-state index contributed by atoms with van der Waals surface area (Å²) in [6.07, 6.45) is 0. The van der Waals surface area contributed by atoms with Crippen LogP contribution in [0, 0.1) is 0 Å². The van der Waals surface area contributed by atoms with Crippen molar-refractivity contribution in [2.75, 3.05) is 4.72 Å². The van der Waals surface area contributed by atoms with Crippen molar-refractivity contribution in [2.24, 2.45) is 0 Å². The first-order valence-corrected chi connectivity index (χ1v) is 7.31. The van der Waals surface area contributed by atoms with Crippen molar-refractivity contribution in [2.45, 2.75) is 11.8 Å². The Balaban J connectivity index is 0.00000200. The Hall–Kier alpha value is -2.07. The molecule has 2 aromatic rings. The zero-order valence-corrected chi connectivity index (χ0v) is 11.4. The van der Waals surface area contributed by atoms with Crippen LogP contribution in [0.1, 0.15) is 13.9 Å². The van der Waals surface area contributed by atoms with Crippen molar-refractivity contribution in [3.8, 4) is 0 Å².